The summed E-state index contributed by atoms with van der Waals surface area (Å²) in [6, 6.07) is 8.92. The third kappa shape index (κ3) is 4.57. The molecular formula is C22H21FN8OS. The zero-order valence-corrected chi connectivity index (χ0v) is 18.9. The summed E-state index contributed by atoms with van der Waals surface area (Å²) in [7, 11) is 2.08. The third-order valence-electron chi connectivity index (χ3n) is 5.37. The zero-order chi connectivity index (χ0) is 22.9. The maximum atomic E-state index is 14.6. The SMILES string of the molecule is Cc1cc2cc(Oc3nc(Nc4ncc(C#N)s4)cc(N4CCN(C)CC4)n3)cc(F)c2[nH]1. The number of hydrogen-bond donors (Lipinski definition) is 2. The Morgan fingerprint density at radius 3 is 2.76 bits per heavy atom. The van der Waals surface area contributed by atoms with Gasteiger partial charge in [-0.15, -0.1) is 0 Å². The van der Waals surface area contributed by atoms with Gasteiger partial charge in [0.15, 0.2) is 10.9 Å². The van der Waals surface area contributed by atoms with E-state index < -0.39 is 5.82 Å². The van der Waals surface area contributed by atoms with Gasteiger partial charge in [0.2, 0.25) is 0 Å². The number of nitrogens with one attached hydrogen (secondary N) is 2. The number of aryl methyl sites for hydroxylation is 1. The number of H-pyrrole nitrogens is 1. The van der Waals surface area contributed by atoms with Gasteiger partial charge in [-0.2, -0.15) is 15.2 Å². The molecule has 0 bridgehead atoms. The molecule has 11 heteroatoms. The Bertz CT molecular complexity index is 1350. The smallest absolute Gasteiger partial charge is 0.325 e. The number of benzene rings is 1. The van der Waals surface area contributed by atoms with Gasteiger partial charge in [0.25, 0.3) is 0 Å². The summed E-state index contributed by atoms with van der Waals surface area (Å²) in [5.41, 5.74) is 1.30. The topological polar surface area (TPSA) is 106 Å². The van der Waals surface area contributed by atoms with Crippen molar-refractivity contribution in [2.45, 2.75) is 6.92 Å². The van der Waals surface area contributed by atoms with Crippen LogP contribution in [0.2, 0.25) is 0 Å². The average Bonchev–Trinajstić information content (AvgIpc) is 3.40. The molecule has 168 valence electrons. The molecule has 1 aliphatic rings. The van der Waals surface area contributed by atoms with Crippen LogP contribution in [-0.4, -0.2) is 58.1 Å². The number of rotatable bonds is 5. The summed E-state index contributed by atoms with van der Waals surface area (Å²) < 4.78 is 20.5. The van der Waals surface area contributed by atoms with E-state index >= 15 is 0 Å². The van der Waals surface area contributed by atoms with Crippen molar-refractivity contribution in [3.05, 3.63) is 46.9 Å². The molecule has 0 unspecified atom stereocenters. The number of thiazole rings is 1. The number of piperazine rings is 1. The second kappa shape index (κ2) is 8.65. The lowest BCUT2D eigenvalue weighted by Gasteiger charge is -2.33. The highest BCUT2D eigenvalue weighted by molar-refractivity contribution is 7.16. The minimum atomic E-state index is -0.406. The number of fused-ring (bicyclic) bond motifs is 1. The largest absolute Gasteiger partial charge is 0.424 e. The van der Waals surface area contributed by atoms with E-state index in [4.69, 9.17) is 10.00 Å². The van der Waals surface area contributed by atoms with Crippen molar-refractivity contribution in [2.75, 3.05) is 43.4 Å². The van der Waals surface area contributed by atoms with Crippen LogP contribution in [0.5, 0.6) is 11.8 Å². The van der Waals surface area contributed by atoms with Crippen LogP contribution < -0.4 is 15.0 Å². The van der Waals surface area contributed by atoms with Crippen LogP contribution in [0.4, 0.5) is 21.2 Å². The monoisotopic (exact) mass is 464 g/mol. The second-order valence-corrected chi connectivity index (χ2v) is 8.91. The van der Waals surface area contributed by atoms with E-state index in [9.17, 15) is 4.39 Å². The first kappa shape index (κ1) is 21.1. The number of hydrogen-bond acceptors (Lipinski definition) is 9. The predicted octanol–water partition coefficient (Wildman–Crippen LogP) is 4.02. The summed E-state index contributed by atoms with van der Waals surface area (Å²) in [6.07, 6.45) is 1.50. The Kier molecular flexibility index (Phi) is 5.53. The van der Waals surface area contributed by atoms with E-state index in [-0.39, 0.29) is 6.01 Å². The number of aromatic nitrogens is 4. The van der Waals surface area contributed by atoms with Crippen LogP contribution in [0.1, 0.15) is 10.6 Å². The van der Waals surface area contributed by atoms with Gasteiger partial charge in [-0.3, -0.25) is 0 Å². The molecule has 0 spiro atoms. The van der Waals surface area contributed by atoms with Crippen LogP contribution in [0.25, 0.3) is 10.9 Å². The van der Waals surface area contributed by atoms with Crippen molar-refractivity contribution in [3.8, 4) is 17.8 Å². The van der Waals surface area contributed by atoms with Crippen LogP contribution >= 0.6 is 11.3 Å². The molecular weight excluding hydrogens is 443 g/mol. The third-order valence-corrected chi connectivity index (χ3v) is 6.19. The number of aromatic amines is 1. The summed E-state index contributed by atoms with van der Waals surface area (Å²) in [5.74, 6) is 1.08. The van der Waals surface area contributed by atoms with E-state index in [1.807, 2.05) is 19.1 Å². The van der Waals surface area contributed by atoms with Gasteiger partial charge in [0.1, 0.15) is 28.3 Å². The molecule has 0 radical (unpaired) electrons. The van der Waals surface area contributed by atoms with Crippen molar-refractivity contribution in [2.24, 2.45) is 0 Å². The first-order chi connectivity index (χ1) is 16.0. The van der Waals surface area contributed by atoms with E-state index in [1.54, 1.807) is 6.07 Å². The molecule has 1 saturated heterocycles. The van der Waals surface area contributed by atoms with Crippen molar-refractivity contribution >= 4 is 39.0 Å². The summed E-state index contributed by atoms with van der Waals surface area (Å²) in [4.78, 5) is 21.2. The molecule has 2 N–H and O–H groups in total. The van der Waals surface area contributed by atoms with Gasteiger partial charge < -0.3 is 24.8 Å². The van der Waals surface area contributed by atoms with Gasteiger partial charge in [-0.05, 0) is 26.1 Å². The fraction of sp³-hybridized carbons (Fsp3) is 0.273. The van der Waals surface area contributed by atoms with Crippen molar-refractivity contribution in [3.63, 3.8) is 0 Å². The molecule has 0 saturated carbocycles. The fourth-order valence-corrected chi connectivity index (χ4v) is 4.31. The highest BCUT2D eigenvalue weighted by Gasteiger charge is 2.19. The normalized spacial score (nSPS) is 14.4. The molecule has 1 aliphatic heterocycles. The Morgan fingerprint density at radius 2 is 2.00 bits per heavy atom. The lowest BCUT2D eigenvalue weighted by atomic mass is 10.2. The average molecular weight is 465 g/mol. The van der Waals surface area contributed by atoms with Gasteiger partial charge in [-0.25, -0.2) is 9.37 Å². The molecule has 1 fully saturated rings. The molecule has 3 aromatic heterocycles. The number of halogens is 1. The molecule has 0 atom stereocenters. The Labute approximate surface area is 193 Å². The Hall–Kier alpha value is -3.75. The maximum Gasteiger partial charge on any atom is 0.325 e. The van der Waals surface area contributed by atoms with E-state index in [2.05, 4.69) is 48.2 Å². The molecule has 5 rings (SSSR count). The van der Waals surface area contributed by atoms with Crippen LogP contribution in [0.3, 0.4) is 0 Å². The quantitative estimate of drug-likeness (QED) is 0.456. The number of nitrogens with zero attached hydrogens (tertiary/aromatic N) is 6. The van der Waals surface area contributed by atoms with E-state index in [0.29, 0.717) is 38.3 Å². The lowest BCUT2D eigenvalue weighted by Crippen LogP contribution is -2.44. The molecule has 0 aliphatic carbocycles. The number of nitriles is 1. The highest BCUT2D eigenvalue weighted by Crippen LogP contribution is 2.30. The molecule has 9 nitrogen and oxygen atoms in total. The summed E-state index contributed by atoms with van der Waals surface area (Å²) in [6.45, 7) is 5.32. The summed E-state index contributed by atoms with van der Waals surface area (Å²) >= 11 is 1.23. The van der Waals surface area contributed by atoms with Gasteiger partial charge in [0, 0.05) is 49.4 Å². The van der Waals surface area contributed by atoms with Crippen molar-refractivity contribution in [1.29, 1.82) is 5.26 Å². The van der Waals surface area contributed by atoms with Crippen molar-refractivity contribution in [1.82, 2.24) is 24.8 Å². The van der Waals surface area contributed by atoms with Crippen LogP contribution in [0, 0.1) is 24.1 Å². The zero-order valence-electron chi connectivity index (χ0n) is 18.1. The van der Waals surface area contributed by atoms with E-state index in [0.717, 1.165) is 31.9 Å². The first-order valence-electron chi connectivity index (χ1n) is 10.4. The minimum absolute atomic E-state index is 0.0944. The maximum absolute atomic E-state index is 14.6. The number of likely N-dealkylation sites (N-methyl/N-ethyl adjacent to an activating group) is 1. The Morgan fingerprint density at radius 1 is 1.18 bits per heavy atom. The molecule has 1 aromatic carbocycles. The van der Waals surface area contributed by atoms with Gasteiger partial charge >= 0.3 is 6.01 Å². The summed E-state index contributed by atoms with van der Waals surface area (Å²) in [5, 5.41) is 13.4. The van der Waals surface area contributed by atoms with Crippen LogP contribution in [0.15, 0.2) is 30.5 Å². The Balaban J connectivity index is 1.48. The molecule has 4 heterocycles. The van der Waals surface area contributed by atoms with Gasteiger partial charge in [-0.1, -0.05) is 11.3 Å². The lowest BCUT2D eigenvalue weighted by molar-refractivity contribution is 0.311. The number of anilines is 3. The fourth-order valence-electron chi connectivity index (χ4n) is 3.69. The minimum Gasteiger partial charge on any atom is -0.424 e. The highest BCUT2D eigenvalue weighted by atomic mass is 32.1. The number of ether oxygens (including phenoxy) is 1. The first-order valence-corrected chi connectivity index (χ1v) is 11.2. The second-order valence-electron chi connectivity index (χ2n) is 7.87. The van der Waals surface area contributed by atoms with E-state index in [1.165, 1.54) is 23.6 Å². The molecule has 4 aromatic rings. The van der Waals surface area contributed by atoms with Gasteiger partial charge in [0.05, 0.1) is 11.7 Å². The van der Waals surface area contributed by atoms with Crippen molar-refractivity contribution < 1.29 is 9.13 Å². The molecule has 0 amide bonds. The van der Waals surface area contributed by atoms with Crippen LogP contribution in [-0.2, 0) is 0 Å². The standard InChI is InChI=1S/C22H21FN8OS/c1-13-7-14-8-15(9-17(23)20(14)26-13)32-21-27-18(28-22-25-12-16(11-24)33-22)10-19(29-21)31-5-3-30(2)4-6-31/h7-10,12,26H,3-6H2,1-2H3,(H,25,27,28,29). The molecule has 33 heavy (non-hydrogen) atoms. The predicted molar refractivity (Wildman–Crippen MR) is 125 cm³/mol.